The van der Waals surface area contributed by atoms with Crippen LogP contribution in [-0.2, 0) is 0 Å². The van der Waals surface area contributed by atoms with E-state index in [-0.39, 0.29) is 0 Å². The molecular weight excluding hydrogens is 162 g/mol. The van der Waals surface area contributed by atoms with Crippen molar-refractivity contribution in [3.63, 3.8) is 0 Å². The highest BCUT2D eigenvalue weighted by Crippen LogP contribution is 2.12. The minimum Gasteiger partial charge on any atom is -0.309 e. The molecule has 0 amide bonds. The van der Waals surface area contributed by atoms with E-state index in [4.69, 9.17) is 0 Å². The van der Waals surface area contributed by atoms with Crippen LogP contribution in [0.4, 0.5) is 0 Å². The summed E-state index contributed by atoms with van der Waals surface area (Å²) >= 11 is 0. The number of nitrogens with one attached hydrogen (secondary N) is 1. The normalized spacial score (nSPS) is 30.7. The van der Waals surface area contributed by atoms with Gasteiger partial charge in [0.15, 0.2) is 0 Å². The zero-order valence-electron chi connectivity index (χ0n) is 9.54. The number of nitrogens with zero attached hydrogens (tertiary/aromatic N) is 2. The average molecular weight is 185 g/mol. The third kappa shape index (κ3) is 2.93. The SMILES string of the molecule is CC(C)N[C@H]1CN(C)C[C@H]1N(C)C. The van der Waals surface area contributed by atoms with Gasteiger partial charge in [0, 0.05) is 31.2 Å². The van der Waals surface area contributed by atoms with Gasteiger partial charge in [0.25, 0.3) is 0 Å². The van der Waals surface area contributed by atoms with Gasteiger partial charge in [0.1, 0.15) is 0 Å². The van der Waals surface area contributed by atoms with Crippen molar-refractivity contribution >= 4 is 0 Å². The number of rotatable bonds is 3. The fourth-order valence-corrected chi connectivity index (χ4v) is 2.09. The Morgan fingerprint density at radius 1 is 1.31 bits per heavy atom. The molecule has 0 aromatic rings. The van der Waals surface area contributed by atoms with E-state index in [9.17, 15) is 0 Å². The molecule has 1 aliphatic rings. The summed E-state index contributed by atoms with van der Waals surface area (Å²) in [7, 11) is 6.52. The van der Waals surface area contributed by atoms with Gasteiger partial charge in [-0.15, -0.1) is 0 Å². The molecule has 0 unspecified atom stereocenters. The first-order chi connectivity index (χ1) is 6.00. The van der Waals surface area contributed by atoms with Crippen molar-refractivity contribution in [3.05, 3.63) is 0 Å². The van der Waals surface area contributed by atoms with Gasteiger partial charge in [-0.05, 0) is 21.1 Å². The van der Waals surface area contributed by atoms with Crippen LogP contribution in [-0.4, -0.2) is 62.2 Å². The van der Waals surface area contributed by atoms with Gasteiger partial charge >= 0.3 is 0 Å². The summed E-state index contributed by atoms with van der Waals surface area (Å²) in [6.45, 7) is 6.77. The second kappa shape index (κ2) is 4.40. The first-order valence-corrected chi connectivity index (χ1v) is 5.11. The van der Waals surface area contributed by atoms with E-state index >= 15 is 0 Å². The number of hydrogen-bond acceptors (Lipinski definition) is 3. The topological polar surface area (TPSA) is 18.5 Å². The fourth-order valence-electron chi connectivity index (χ4n) is 2.09. The van der Waals surface area contributed by atoms with E-state index < -0.39 is 0 Å². The monoisotopic (exact) mass is 185 g/mol. The molecule has 3 nitrogen and oxygen atoms in total. The van der Waals surface area contributed by atoms with Crippen LogP contribution in [0.2, 0.25) is 0 Å². The fraction of sp³-hybridized carbons (Fsp3) is 1.00. The van der Waals surface area contributed by atoms with Crippen LogP contribution in [0.3, 0.4) is 0 Å². The van der Waals surface area contributed by atoms with Crippen molar-refractivity contribution in [2.75, 3.05) is 34.2 Å². The maximum absolute atomic E-state index is 3.62. The maximum Gasteiger partial charge on any atom is 0.0382 e. The molecule has 13 heavy (non-hydrogen) atoms. The molecule has 0 spiro atoms. The smallest absolute Gasteiger partial charge is 0.0382 e. The van der Waals surface area contributed by atoms with Crippen molar-refractivity contribution in [3.8, 4) is 0 Å². The third-order valence-corrected chi connectivity index (χ3v) is 2.68. The van der Waals surface area contributed by atoms with E-state index in [2.05, 4.69) is 50.1 Å². The minimum absolute atomic E-state index is 0.582. The summed E-state index contributed by atoms with van der Waals surface area (Å²) in [5.41, 5.74) is 0. The number of hydrogen-bond donors (Lipinski definition) is 1. The van der Waals surface area contributed by atoms with Crippen LogP contribution >= 0.6 is 0 Å². The molecule has 0 aliphatic carbocycles. The predicted octanol–water partition coefficient (Wildman–Crippen LogP) is 0.229. The molecule has 0 aromatic heterocycles. The molecule has 0 saturated carbocycles. The van der Waals surface area contributed by atoms with Crippen LogP contribution in [0.5, 0.6) is 0 Å². The molecule has 78 valence electrons. The predicted molar refractivity (Wildman–Crippen MR) is 57.0 cm³/mol. The Balaban J connectivity index is 2.50. The Bertz CT molecular complexity index is 156. The lowest BCUT2D eigenvalue weighted by Gasteiger charge is -2.27. The van der Waals surface area contributed by atoms with Crippen LogP contribution in [0.15, 0.2) is 0 Å². The lowest BCUT2D eigenvalue weighted by Crippen LogP contribution is -2.48. The van der Waals surface area contributed by atoms with Gasteiger partial charge in [-0.25, -0.2) is 0 Å². The average Bonchev–Trinajstić information content (AvgIpc) is 2.29. The molecule has 0 aromatic carbocycles. The van der Waals surface area contributed by atoms with Gasteiger partial charge < -0.3 is 15.1 Å². The van der Waals surface area contributed by atoms with E-state index in [1.807, 2.05) is 0 Å². The quantitative estimate of drug-likeness (QED) is 0.679. The minimum atomic E-state index is 0.582. The largest absolute Gasteiger partial charge is 0.309 e. The Morgan fingerprint density at radius 2 is 1.92 bits per heavy atom. The van der Waals surface area contributed by atoms with Crippen molar-refractivity contribution in [2.24, 2.45) is 0 Å². The van der Waals surface area contributed by atoms with E-state index in [0.29, 0.717) is 18.1 Å². The van der Waals surface area contributed by atoms with Crippen LogP contribution in [0.25, 0.3) is 0 Å². The van der Waals surface area contributed by atoms with Crippen molar-refractivity contribution < 1.29 is 0 Å². The molecule has 1 N–H and O–H groups in total. The zero-order chi connectivity index (χ0) is 10.0. The van der Waals surface area contributed by atoms with Crippen molar-refractivity contribution in [2.45, 2.75) is 32.0 Å². The molecule has 3 heteroatoms. The Hall–Kier alpha value is -0.120. The summed E-state index contributed by atoms with van der Waals surface area (Å²) in [5, 5.41) is 3.62. The van der Waals surface area contributed by atoms with Crippen LogP contribution in [0.1, 0.15) is 13.8 Å². The molecule has 1 saturated heterocycles. The van der Waals surface area contributed by atoms with Gasteiger partial charge in [-0.2, -0.15) is 0 Å². The highest BCUT2D eigenvalue weighted by Gasteiger charge is 2.32. The lowest BCUT2D eigenvalue weighted by molar-refractivity contribution is 0.255. The van der Waals surface area contributed by atoms with E-state index in [0.717, 1.165) is 0 Å². The summed E-state index contributed by atoms with van der Waals surface area (Å²) in [4.78, 5) is 4.72. The molecule has 1 rings (SSSR count). The van der Waals surface area contributed by atoms with Gasteiger partial charge in [-0.1, -0.05) is 13.8 Å². The molecule has 1 heterocycles. The molecule has 0 radical (unpaired) electrons. The maximum atomic E-state index is 3.62. The highest BCUT2D eigenvalue weighted by molar-refractivity contribution is 4.93. The second-order valence-corrected chi connectivity index (χ2v) is 4.68. The summed E-state index contributed by atoms with van der Waals surface area (Å²) in [5.74, 6) is 0. The Morgan fingerprint density at radius 3 is 2.38 bits per heavy atom. The highest BCUT2D eigenvalue weighted by atomic mass is 15.3. The third-order valence-electron chi connectivity index (χ3n) is 2.68. The first-order valence-electron chi connectivity index (χ1n) is 5.11. The van der Waals surface area contributed by atoms with Crippen LogP contribution < -0.4 is 5.32 Å². The van der Waals surface area contributed by atoms with Crippen molar-refractivity contribution in [1.82, 2.24) is 15.1 Å². The molecule has 0 bridgehead atoms. The van der Waals surface area contributed by atoms with Crippen molar-refractivity contribution in [1.29, 1.82) is 0 Å². The lowest BCUT2D eigenvalue weighted by atomic mass is 10.1. The summed E-state index contributed by atoms with van der Waals surface area (Å²) in [6.07, 6.45) is 0. The Labute approximate surface area is 82.1 Å². The molecule has 1 aliphatic heterocycles. The number of likely N-dealkylation sites (tertiary alicyclic amines) is 1. The molecular formula is C10H23N3. The van der Waals surface area contributed by atoms with Crippen LogP contribution in [0, 0.1) is 0 Å². The van der Waals surface area contributed by atoms with Gasteiger partial charge in [-0.3, -0.25) is 0 Å². The number of likely N-dealkylation sites (N-methyl/N-ethyl adjacent to an activating group) is 2. The molecule has 2 atom stereocenters. The Kier molecular flexibility index (Phi) is 3.71. The zero-order valence-corrected chi connectivity index (χ0v) is 9.54. The van der Waals surface area contributed by atoms with Gasteiger partial charge in [0.05, 0.1) is 0 Å². The molecule has 1 fully saturated rings. The van der Waals surface area contributed by atoms with E-state index in [1.165, 1.54) is 13.1 Å². The summed E-state index contributed by atoms with van der Waals surface area (Å²) in [6, 6.07) is 1.87. The van der Waals surface area contributed by atoms with Gasteiger partial charge in [0.2, 0.25) is 0 Å². The second-order valence-electron chi connectivity index (χ2n) is 4.68. The summed E-state index contributed by atoms with van der Waals surface area (Å²) < 4.78 is 0. The first kappa shape index (κ1) is 11.0. The standard InChI is InChI=1S/C10H23N3/c1-8(2)11-9-6-13(5)7-10(9)12(3)4/h8-11H,6-7H2,1-5H3/t9-,10+/m0/s1. The van der Waals surface area contributed by atoms with E-state index in [1.54, 1.807) is 0 Å².